The number of halogens is 3. The summed E-state index contributed by atoms with van der Waals surface area (Å²) in [5, 5.41) is 2.20. The number of benzene rings is 1. The number of nitrogens with one attached hydrogen (secondary N) is 1. The summed E-state index contributed by atoms with van der Waals surface area (Å²) in [5.41, 5.74) is 4.94. The highest BCUT2D eigenvalue weighted by Crippen LogP contribution is 2.32. The average molecular weight is 258 g/mol. The molecule has 3 N–H and O–H groups in total. The molecule has 0 radical (unpaired) electrons. The van der Waals surface area contributed by atoms with E-state index in [0.717, 1.165) is 19.3 Å². The fraction of sp³-hybridized carbons (Fsp3) is 0.417. The van der Waals surface area contributed by atoms with E-state index in [0.29, 0.717) is 12.1 Å². The molecule has 1 saturated carbocycles. The molecule has 0 aliphatic heterocycles. The van der Waals surface area contributed by atoms with E-state index < -0.39 is 28.9 Å². The van der Waals surface area contributed by atoms with Gasteiger partial charge < -0.3 is 11.1 Å². The normalized spacial score (nSPS) is 17.1. The number of carbonyl (C=O) groups excluding carboxylic acids is 1. The molecule has 1 amide bonds. The Hall–Kier alpha value is -1.56. The van der Waals surface area contributed by atoms with E-state index in [1.165, 1.54) is 0 Å². The zero-order chi connectivity index (χ0) is 13.3. The maximum Gasteiger partial charge on any atom is 0.226 e. The first-order chi connectivity index (χ1) is 8.39. The molecule has 1 aliphatic carbocycles. The van der Waals surface area contributed by atoms with Crippen molar-refractivity contribution in [3.05, 3.63) is 29.6 Å². The van der Waals surface area contributed by atoms with Gasteiger partial charge in [0.15, 0.2) is 11.6 Å². The Bertz CT molecular complexity index is 486. The van der Waals surface area contributed by atoms with Crippen LogP contribution in [0.25, 0.3) is 0 Å². The van der Waals surface area contributed by atoms with Gasteiger partial charge in [-0.2, -0.15) is 0 Å². The van der Waals surface area contributed by atoms with Gasteiger partial charge in [0.25, 0.3) is 0 Å². The van der Waals surface area contributed by atoms with Gasteiger partial charge in [-0.3, -0.25) is 4.79 Å². The second-order valence-electron chi connectivity index (χ2n) is 4.69. The van der Waals surface area contributed by atoms with Gasteiger partial charge in [0, 0.05) is 24.1 Å². The third-order valence-corrected chi connectivity index (χ3v) is 3.15. The van der Waals surface area contributed by atoms with Crippen LogP contribution < -0.4 is 11.1 Å². The molecule has 1 aromatic carbocycles. The van der Waals surface area contributed by atoms with E-state index in [2.05, 4.69) is 5.32 Å². The predicted octanol–water partition coefficient (Wildman–Crippen LogP) is 2.31. The first kappa shape index (κ1) is 12.9. The van der Waals surface area contributed by atoms with Crippen LogP contribution in [-0.2, 0) is 4.79 Å². The number of amides is 1. The molecule has 0 unspecified atom stereocenters. The summed E-state index contributed by atoms with van der Waals surface area (Å²) in [4.78, 5) is 11.6. The molecule has 18 heavy (non-hydrogen) atoms. The molecule has 0 heterocycles. The van der Waals surface area contributed by atoms with Crippen LogP contribution in [0.4, 0.5) is 18.9 Å². The molecule has 0 aromatic heterocycles. The lowest BCUT2D eigenvalue weighted by Crippen LogP contribution is -2.49. The summed E-state index contributed by atoms with van der Waals surface area (Å²) in [6.45, 7) is 0. The van der Waals surface area contributed by atoms with Gasteiger partial charge in [-0.25, -0.2) is 13.2 Å². The zero-order valence-corrected chi connectivity index (χ0v) is 9.60. The average Bonchev–Trinajstić information content (AvgIpc) is 2.23. The van der Waals surface area contributed by atoms with Crippen LogP contribution in [0, 0.1) is 17.5 Å². The van der Waals surface area contributed by atoms with Crippen molar-refractivity contribution in [2.75, 3.05) is 5.32 Å². The van der Waals surface area contributed by atoms with Crippen LogP contribution in [0.5, 0.6) is 0 Å². The molecular formula is C12H13F3N2O. The summed E-state index contributed by atoms with van der Waals surface area (Å²) in [7, 11) is 0. The van der Waals surface area contributed by atoms with Gasteiger partial charge in [0.1, 0.15) is 5.82 Å². The quantitative estimate of drug-likeness (QED) is 0.817. The SMILES string of the molecule is NC1(CC(=O)Nc2cc(F)c(F)cc2F)CCC1. The first-order valence-corrected chi connectivity index (χ1v) is 5.63. The second kappa shape index (κ2) is 4.61. The molecule has 2 rings (SSSR count). The predicted molar refractivity (Wildman–Crippen MR) is 60.3 cm³/mol. The summed E-state index contributed by atoms with van der Waals surface area (Å²) < 4.78 is 38.9. The first-order valence-electron chi connectivity index (χ1n) is 5.63. The number of hydrogen-bond donors (Lipinski definition) is 2. The van der Waals surface area contributed by atoms with Gasteiger partial charge in [-0.15, -0.1) is 0 Å². The lowest BCUT2D eigenvalue weighted by molar-refractivity contribution is -0.118. The summed E-state index contributed by atoms with van der Waals surface area (Å²) >= 11 is 0. The highest BCUT2D eigenvalue weighted by molar-refractivity contribution is 5.91. The van der Waals surface area contributed by atoms with Crippen molar-refractivity contribution in [1.82, 2.24) is 0 Å². The molecule has 3 nitrogen and oxygen atoms in total. The fourth-order valence-corrected chi connectivity index (χ4v) is 1.94. The van der Waals surface area contributed by atoms with Gasteiger partial charge in [0.05, 0.1) is 5.69 Å². The molecule has 1 fully saturated rings. The minimum atomic E-state index is -1.29. The molecule has 1 aliphatic rings. The van der Waals surface area contributed by atoms with Crippen molar-refractivity contribution in [3.63, 3.8) is 0 Å². The van der Waals surface area contributed by atoms with Crippen molar-refractivity contribution in [2.45, 2.75) is 31.2 Å². The highest BCUT2D eigenvalue weighted by Gasteiger charge is 2.34. The van der Waals surface area contributed by atoms with E-state index >= 15 is 0 Å². The van der Waals surface area contributed by atoms with Crippen molar-refractivity contribution >= 4 is 11.6 Å². The van der Waals surface area contributed by atoms with E-state index in [9.17, 15) is 18.0 Å². The second-order valence-corrected chi connectivity index (χ2v) is 4.69. The Morgan fingerprint density at radius 2 is 1.83 bits per heavy atom. The maximum atomic E-state index is 13.3. The molecule has 1 aromatic rings. The van der Waals surface area contributed by atoms with Crippen LogP contribution in [0.2, 0.25) is 0 Å². The Labute approximate surface area is 102 Å². The van der Waals surface area contributed by atoms with Crippen LogP contribution in [0.1, 0.15) is 25.7 Å². The highest BCUT2D eigenvalue weighted by atomic mass is 19.2. The van der Waals surface area contributed by atoms with Crippen LogP contribution in [0.15, 0.2) is 12.1 Å². The van der Waals surface area contributed by atoms with Crippen LogP contribution in [0.3, 0.4) is 0 Å². The van der Waals surface area contributed by atoms with Gasteiger partial charge in [-0.1, -0.05) is 0 Å². The number of carbonyl (C=O) groups is 1. The monoisotopic (exact) mass is 258 g/mol. The third-order valence-electron chi connectivity index (χ3n) is 3.15. The number of rotatable bonds is 3. The minimum absolute atomic E-state index is 0.0471. The molecular weight excluding hydrogens is 245 g/mol. The van der Waals surface area contributed by atoms with E-state index in [1.807, 2.05) is 0 Å². The smallest absolute Gasteiger partial charge is 0.226 e. The largest absolute Gasteiger partial charge is 0.325 e. The van der Waals surface area contributed by atoms with Crippen molar-refractivity contribution in [2.24, 2.45) is 5.73 Å². The molecule has 0 spiro atoms. The van der Waals surface area contributed by atoms with Gasteiger partial charge >= 0.3 is 0 Å². The van der Waals surface area contributed by atoms with Crippen molar-refractivity contribution < 1.29 is 18.0 Å². The number of anilines is 1. The molecule has 0 bridgehead atoms. The van der Waals surface area contributed by atoms with Crippen LogP contribution in [-0.4, -0.2) is 11.4 Å². The fourth-order valence-electron chi connectivity index (χ4n) is 1.94. The molecule has 6 heteroatoms. The van der Waals surface area contributed by atoms with Crippen molar-refractivity contribution in [3.8, 4) is 0 Å². The minimum Gasteiger partial charge on any atom is -0.325 e. The Morgan fingerprint density at radius 1 is 1.22 bits per heavy atom. The summed E-state index contributed by atoms with van der Waals surface area (Å²) in [5.74, 6) is -4.01. The molecule has 0 atom stereocenters. The standard InChI is InChI=1S/C12H13F3N2O/c13-7-4-9(15)10(5-8(7)14)17-11(18)6-12(16)2-1-3-12/h4-5H,1-3,6,16H2,(H,17,18). The molecule has 98 valence electrons. The lowest BCUT2D eigenvalue weighted by Gasteiger charge is -2.37. The molecule has 0 saturated heterocycles. The number of hydrogen-bond acceptors (Lipinski definition) is 2. The van der Waals surface area contributed by atoms with E-state index in [1.54, 1.807) is 0 Å². The Morgan fingerprint density at radius 3 is 2.39 bits per heavy atom. The topological polar surface area (TPSA) is 55.1 Å². The van der Waals surface area contributed by atoms with Crippen LogP contribution >= 0.6 is 0 Å². The van der Waals surface area contributed by atoms with Gasteiger partial charge in [-0.05, 0) is 19.3 Å². The number of nitrogens with two attached hydrogens (primary N) is 1. The summed E-state index contributed by atoms with van der Waals surface area (Å²) in [6.07, 6.45) is 2.48. The maximum absolute atomic E-state index is 13.3. The Balaban J connectivity index is 2.05. The Kier molecular flexibility index (Phi) is 3.30. The van der Waals surface area contributed by atoms with Gasteiger partial charge in [0.2, 0.25) is 5.91 Å². The third kappa shape index (κ3) is 2.64. The summed E-state index contributed by atoms with van der Waals surface area (Å²) in [6, 6.07) is 1.01. The van der Waals surface area contributed by atoms with E-state index in [4.69, 9.17) is 5.73 Å². The lowest BCUT2D eigenvalue weighted by atomic mass is 9.75. The van der Waals surface area contributed by atoms with E-state index in [-0.39, 0.29) is 12.1 Å². The zero-order valence-electron chi connectivity index (χ0n) is 9.60. The van der Waals surface area contributed by atoms with Crippen molar-refractivity contribution in [1.29, 1.82) is 0 Å².